The number of ether oxygens (including phenoxy) is 2. The van der Waals surface area contributed by atoms with Gasteiger partial charge in [-0.05, 0) is 47.7 Å². The smallest absolute Gasteiger partial charge is 0.326 e. The highest BCUT2D eigenvalue weighted by molar-refractivity contribution is 6.05. The Morgan fingerprint density at radius 1 is 1.11 bits per heavy atom. The maximum atomic E-state index is 12.5. The molecule has 1 amide bonds. The Hall–Kier alpha value is -3.47. The van der Waals surface area contributed by atoms with Gasteiger partial charge in [0, 0.05) is 39.1 Å². The number of benzene rings is 2. The van der Waals surface area contributed by atoms with E-state index in [1.807, 2.05) is 42.5 Å². The van der Waals surface area contributed by atoms with E-state index in [4.69, 9.17) is 9.47 Å². The largest absolute Gasteiger partial charge is 0.491 e. The van der Waals surface area contributed by atoms with Gasteiger partial charge in [-0.2, -0.15) is 5.10 Å². The van der Waals surface area contributed by atoms with Crippen LogP contribution in [0.5, 0.6) is 5.75 Å². The Morgan fingerprint density at radius 3 is 2.66 bits per heavy atom. The predicted octanol–water partition coefficient (Wildman–Crippen LogP) is 2.19. The first-order chi connectivity index (χ1) is 18.4. The quantitative estimate of drug-likeness (QED) is 0.240. The molecule has 1 unspecified atom stereocenters. The second-order valence-corrected chi connectivity index (χ2v) is 9.94. The monoisotopic (exact) mass is 523 g/mol. The van der Waals surface area contributed by atoms with Crippen molar-refractivity contribution in [1.82, 2.24) is 20.3 Å². The molecule has 38 heavy (non-hydrogen) atoms. The van der Waals surface area contributed by atoms with Crippen LogP contribution in [0.15, 0.2) is 52.4 Å². The van der Waals surface area contributed by atoms with Crippen molar-refractivity contribution >= 4 is 22.7 Å². The molecule has 10 heteroatoms. The number of nitrogens with zero attached hydrogens (tertiary/aromatic N) is 2. The Balaban J connectivity index is 1.19. The number of hydrogen-bond acceptors (Lipinski definition) is 7. The molecule has 0 aliphatic carbocycles. The average Bonchev–Trinajstić information content (AvgIpc) is 3.22. The zero-order valence-corrected chi connectivity index (χ0v) is 22.0. The van der Waals surface area contributed by atoms with E-state index in [0.29, 0.717) is 50.8 Å². The number of aliphatic hydroxyl groups excluding tert-OH is 1. The van der Waals surface area contributed by atoms with Crippen molar-refractivity contribution in [3.05, 3.63) is 64.1 Å². The molecule has 2 aromatic carbocycles. The summed E-state index contributed by atoms with van der Waals surface area (Å²) in [5, 5.41) is 17.6. The summed E-state index contributed by atoms with van der Waals surface area (Å²) in [6.07, 6.45) is 1.14. The highest BCUT2D eigenvalue weighted by atomic mass is 16.5. The lowest BCUT2D eigenvalue weighted by molar-refractivity contribution is -0.121. The van der Waals surface area contributed by atoms with Gasteiger partial charge in [-0.3, -0.25) is 9.36 Å². The summed E-state index contributed by atoms with van der Waals surface area (Å²) in [6.45, 7) is 7.21. The Morgan fingerprint density at radius 2 is 1.92 bits per heavy atom. The molecule has 0 bridgehead atoms. The van der Waals surface area contributed by atoms with Crippen LogP contribution in [-0.2, 0) is 22.5 Å². The summed E-state index contributed by atoms with van der Waals surface area (Å²) in [5.74, 6) is 1.15. The normalized spacial score (nSPS) is 14.5. The minimum atomic E-state index is -0.682. The molecule has 0 radical (unpaired) electrons. The summed E-state index contributed by atoms with van der Waals surface area (Å²) in [7, 11) is 0. The minimum Gasteiger partial charge on any atom is -0.491 e. The van der Waals surface area contributed by atoms with Crippen molar-refractivity contribution in [2.24, 2.45) is 11.0 Å². The molecule has 1 aliphatic rings. The second-order valence-electron chi connectivity index (χ2n) is 9.94. The van der Waals surface area contributed by atoms with Gasteiger partial charge in [-0.1, -0.05) is 32.0 Å². The summed E-state index contributed by atoms with van der Waals surface area (Å²) >= 11 is 0. The van der Waals surface area contributed by atoms with Gasteiger partial charge in [0.05, 0.1) is 23.4 Å². The molecular formula is C28H37N5O5. The minimum absolute atomic E-state index is 0.0913. The van der Waals surface area contributed by atoms with Crippen molar-refractivity contribution < 1.29 is 19.4 Å². The molecule has 1 aromatic heterocycles. The van der Waals surface area contributed by atoms with E-state index in [1.165, 1.54) is 5.56 Å². The van der Waals surface area contributed by atoms with Crippen molar-refractivity contribution in [3.8, 4) is 5.75 Å². The lowest BCUT2D eigenvalue weighted by Crippen LogP contribution is -2.34. The lowest BCUT2D eigenvalue weighted by atomic mass is 10.0. The number of H-pyrrole nitrogens is 1. The fourth-order valence-corrected chi connectivity index (χ4v) is 4.22. The highest BCUT2D eigenvalue weighted by Crippen LogP contribution is 2.17. The summed E-state index contributed by atoms with van der Waals surface area (Å²) in [5.41, 5.74) is 6.66. The van der Waals surface area contributed by atoms with Crippen LogP contribution in [0.2, 0.25) is 0 Å². The number of amides is 1. The van der Waals surface area contributed by atoms with E-state index in [-0.39, 0.29) is 18.2 Å². The van der Waals surface area contributed by atoms with Crippen LogP contribution in [-0.4, -0.2) is 65.3 Å². The number of rotatable bonds is 14. The van der Waals surface area contributed by atoms with Crippen LogP contribution in [0, 0.1) is 5.92 Å². The summed E-state index contributed by atoms with van der Waals surface area (Å²) < 4.78 is 13.0. The van der Waals surface area contributed by atoms with Crippen molar-refractivity contribution in [2.75, 3.05) is 32.9 Å². The van der Waals surface area contributed by atoms with Gasteiger partial charge in [-0.15, -0.1) is 0 Å². The topological polar surface area (TPSA) is 130 Å². The number of carbonyl (C=O) groups excluding carboxylic acids is 1. The lowest BCUT2D eigenvalue weighted by Gasteiger charge is -2.14. The Bertz CT molecular complexity index is 1300. The fourth-order valence-electron chi connectivity index (χ4n) is 4.22. The number of aliphatic hydroxyl groups is 1. The van der Waals surface area contributed by atoms with Gasteiger partial charge in [0.1, 0.15) is 18.5 Å². The second kappa shape index (κ2) is 13.4. The van der Waals surface area contributed by atoms with E-state index in [9.17, 15) is 14.7 Å². The molecule has 4 rings (SSSR count). The molecule has 0 spiro atoms. The summed E-state index contributed by atoms with van der Waals surface area (Å²) in [6, 6.07) is 13.5. The van der Waals surface area contributed by atoms with E-state index in [0.717, 1.165) is 35.3 Å². The molecule has 204 valence electrons. The number of hydrazone groups is 1. The van der Waals surface area contributed by atoms with E-state index in [2.05, 4.69) is 34.7 Å². The van der Waals surface area contributed by atoms with Crippen molar-refractivity contribution in [3.63, 3.8) is 0 Å². The molecule has 10 nitrogen and oxygen atoms in total. The third kappa shape index (κ3) is 7.77. The number of imidazole rings is 1. The van der Waals surface area contributed by atoms with Crippen molar-refractivity contribution in [1.29, 1.82) is 0 Å². The molecule has 1 aliphatic heterocycles. The number of aromatic amines is 1. The van der Waals surface area contributed by atoms with E-state index >= 15 is 0 Å². The first-order valence-corrected chi connectivity index (χ1v) is 13.2. The van der Waals surface area contributed by atoms with Crippen LogP contribution in [0.1, 0.15) is 37.8 Å². The van der Waals surface area contributed by atoms with Crippen LogP contribution in [0.25, 0.3) is 11.0 Å². The maximum Gasteiger partial charge on any atom is 0.326 e. The molecule has 0 fully saturated rings. The van der Waals surface area contributed by atoms with Gasteiger partial charge in [0.15, 0.2) is 0 Å². The predicted molar refractivity (Wildman–Crippen MR) is 147 cm³/mol. The number of hydrogen-bond donors (Lipinski definition) is 4. The third-order valence-corrected chi connectivity index (χ3v) is 6.26. The number of fused-ring (bicyclic) bond motifs is 1. The first-order valence-electron chi connectivity index (χ1n) is 13.2. The molecule has 2 heterocycles. The number of aromatic nitrogens is 2. The van der Waals surface area contributed by atoms with Crippen LogP contribution in [0.4, 0.5) is 0 Å². The molecular weight excluding hydrogens is 486 g/mol. The summed E-state index contributed by atoms with van der Waals surface area (Å²) in [4.78, 5) is 26.7. The highest BCUT2D eigenvalue weighted by Gasteiger charge is 2.15. The van der Waals surface area contributed by atoms with Gasteiger partial charge in [-0.25, -0.2) is 10.2 Å². The Kier molecular flexibility index (Phi) is 9.69. The maximum absolute atomic E-state index is 12.5. The average molecular weight is 524 g/mol. The van der Waals surface area contributed by atoms with Gasteiger partial charge in [0.25, 0.3) is 0 Å². The van der Waals surface area contributed by atoms with Gasteiger partial charge >= 0.3 is 5.69 Å². The fraction of sp³-hybridized carbons (Fsp3) is 0.464. The first kappa shape index (κ1) is 27.6. The SMILES string of the molecule is CC(C)COCCc1ccc(OCC(O)CNCCn2c(=O)[nH]c3cc(C4=NNC(=O)CC4)ccc32)cc1. The zero-order chi connectivity index (χ0) is 26.9. The molecule has 4 N–H and O–H groups in total. The van der Waals surface area contributed by atoms with Crippen LogP contribution in [0.3, 0.4) is 0 Å². The zero-order valence-electron chi connectivity index (χ0n) is 22.0. The van der Waals surface area contributed by atoms with E-state index < -0.39 is 6.10 Å². The van der Waals surface area contributed by atoms with Gasteiger partial charge < -0.3 is 24.9 Å². The standard InChI is InChI=1S/C28H37N5O5/c1-19(2)17-37-14-11-20-3-6-23(7-4-20)38-18-22(34)16-29-12-13-33-26-9-5-21(15-25(26)30-28(33)36)24-8-10-27(35)32-31-24/h3-7,9,15,19,22,29,34H,8,10-14,16-18H2,1-2H3,(H,30,36)(H,32,35). The number of nitrogens with one attached hydrogen (secondary N) is 3. The van der Waals surface area contributed by atoms with Crippen LogP contribution < -0.4 is 21.2 Å². The molecule has 1 atom stereocenters. The number of carbonyl (C=O) groups is 1. The van der Waals surface area contributed by atoms with Crippen LogP contribution >= 0.6 is 0 Å². The molecule has 0 saturated heterocycles. The van der Waals surface area contributed by atoms with Crippen molar-refractivity contribution in [2.45, 2.75) is 45.8 Å². The molecule has 3 aromatic rings. The van der Waals surface area contributed by atoms with E-state index in [1.54, 1.807) is 4.57 Å². The molecule has 0 saturated carbocycles. The Labute approximate surface area is 222 Å². The third-order valence-electron chi connectivity index (χ3n) is 6.26. The van der Waals surface area contributed by atoms with Gasteiger partial charge in [0.2, 0.25) is 5.91 Å².